The van der Waals surface area contributed by atoms with Gasteiger partial charge in [-0.3, -0.25) is 9.10 Å². The van der Waals surface area contributed by atoms with Crippen molar-refractivity contribution in [3.05, 3.63) is 28.2 Å². The van der Waals surface area contributed by atoms with Gasteiger partial charge in [0.15, 0.2) is 0 Å². The lowest BCUT2D eigenvalue weighted by Crippen LogP contribution is -2.35. The van der Waals surface area contributed by atoms with Crippen LogP contribution in [0, 0.1) is 6.92 Å². The Balaban J connectivity index is 1.76. The molecule has 7 heteroatoms. The first-order valence-corrected chi connectivity index (χ1v) is 8.26. The number of piperidine rings is 1. The Labute approximate surface area is 127 Å². The van der Waals surface area contributed by atoms with Crippen molar-refractivity contribution in [2.45, 2.75) is 25.8 Å². The highest BCUT2D eigenvalue weighted by Crippen LogP contribution is 2.19. The number of rotatable bonds is 3. The number of aromatic amines is 1. The van der Waals surface area contributed by atoms with Crippen molar-refractivity contribution < 1.29 is 0 Å². The van der Waals surface area contributed by atoms with Crippen LogP contribution in [0.15, 0.2) is 17.1 Å². The average molecular weight is 305 g/mol. The van der Waals surface area contributed by atoms with Gasteiger partial charge in [0.25, 0.3) is 5.56 Å². The average Bonchev–Trinajstić information content (AvgIpc) is 2.49. The molecule has 21 heavy (non-hydrogen) atoms. The molecule has 0 atom stereocenters. The quantitative estimate of drug-likeness (QED) is 0.842. The molecule has 0 aliphatic carbocycles. The lowest BCUT2D eigenvalue weighted by molar-refractivity contribution is 0.358. The van der Waals surface area contributed by atoms with Gasteiger partial charge in [0.05, 0.1) is 0 Å². The summed E-state index contributed by atoms with van der Waals surface area (Å²) in [4.78, 5) is 23.2. The predicted molar refractivity (Wildman–Crippen MR) is 86.6 cm³/mol. The van der Waals surface area contributed by atoms with Crippen molar-refractivity contribution in [2.24, 2.45) is 0 Å². The van der Waals surface area contributed by atoms with Gasteiger partial charge in [-0.25, -0.2) is 4.98 Å². The fourth-order valence-electron chi connectivity index (χ4n) is 2.54. The Morgan fingerprint density at radius 1 is 1.43 bits per heavy atom. The molecule has 0 spiro atoms. The van der Waals surface area contributed by atoms with Crippen molar-refractivity contribution in [2.75, 3.05) is 24.7 Å². The standard InChI is InChI=1S/C14H19N5OS/c1-9-7-10-8-15-14(18-12(10)17-13(9)20)16-11-3-5-19(21-2)6-4-11/h7-8,11H,3-6H2,1-2H3,(H2,15,16,17,18,20). The number of pyridine rings is 1. The summed E-state index contributed by atoms with van der Waals surface area (Å²) in [5.74, 6) is 0.588. The second kappa shape index (κ2) is 6.03. The van der Waals surface area contributed by atoms with E-state index in [9.17, 15) is 4.79 Å². The highest BCUT2D eigenvalue weighted by atomic mass is 32.2. The molecule has 112 valence electrons. The molecule has 0 amide bonds. The first kappa shape index (κ1) is 14.3. The largest absolute Gasteiger partial charge is 0.351 e. The monoisotopic (exact) mass is 305 g/mol. The van der Waals surface area contributed by atoms with Crippen LogP contribution < -0.4 is 10.9 Å². The fourth-order valence-corrected chi connectivity index (χ4v) is 3.11. The minimum Gasteiger partial charge on any atom is -0.351 e. The number of H-pyrrole nitrogens is 1. The van der Waals surface area contributed by atoms with Crippen molar-refractivity contribution in [3.8, 4) is 0 Å². The normalized spacial score (nSPS) is 17.2. The predicted octanol–water partition coefficient (Wildman–Crippen LogP) is 1.78. The zero-order chi connectivity index (χ0) is 14.8. The van der Waals surface area contributed by atoms with E-state index in [1.807, 2.05) is 6.07 Å². The number of hydrogen-bond acceptors (Lipinski definition) is 6. The molecule has 0 radical (unpaired) electrons. The molecule has 2 aromatic heterocycles. The van der Waals surface area contributed by atoms with Gasteiger partial charge in [-0.2, -0.15) is 4.98 Å². The molecule has 3 rings (SSSR count). The Kier molecular flexibility index (Phi) is 4.12. The zero-order valence-electron chi connectivity index (χ0n) is 12.2. The van der Waals surface area contributed by atoms with Crippen LogP contribution in [0.5, 0.6) is 0 Å². The summed E-state index contributed by atoms with van der Waals surface area (Å²) in [6, 6.07) is 2.21. The van der Waals surface area contributed by atoms with Crippen molar-refractivity contribution in [1.82, 2.24) is 19.3 Å². The third-order valence-corrected chi connectivity index (χ3v) is 4.71. The Morgan fingerprint density at radius 2 is 2.19 bits per heavy atom. The Hall–Kier alpha value is -1.60. The molecule has 1 aliphatic rings. The molecular formula is C14H19N5OS. The van der Waals surface area contributed by atoms with Crippen LogP contribution in [-0.2, 0) is 0 Å². The zero-order valence-corrected chi connectivity index (χ0v) is 13.0. The van der Waals surface area contributed by atoms with E-state index < -0.39 is 0 Å². The van der Waals surface area contributed by atoms with Gasteiger partial charge in [0, 0.05) is 36.3 Å². The summed E-state index contributed by atoms with van der Waals surface area (Å²) in [6.45, 7) is 3.93. The number of fused-ring (bicyclic) bond motifs is 1. The lowest BCUT2D eigenvalue weighted by atomic mass is 10.1. The molecule has 1 aliphatic heterocycles. The van der Waals surface area contributed by atoms with Gasteiger partial charge in [0.2, 0.25) is 5.95 Å². The van der Waals surface area contributed by atoms with Crippen LogP contribution in [0.2, 0.25) is 0 Å². The maximum absolute atomic E-state index is 11.7. The number of nitrogens with zero attached hydrogens (tertiary/aromatic N) is 3. The minimum atomic E-state index is -0.0968. The summed E-state index contributed by atoms with van der Waals surface area (Å²) < 4.78 is 2.36. The molecule has 3 heterocycles. The summed E-state index contributed by atoms with van der Waals surface area (Å²) in [6.07, 6.45) is 6.02. The molecule has 2 aromatic rings. The van der Waals surface area contributed by atoms with E-state index >= 15 is 0 Å². The number of aromatic nitrogens is 3. The lowest BCUT2D eigenvalue weighted by Gasteiger charge is -2.30. The summed E-state index contributed by atoms with van der Waals surface area (Å²) in [7, 11) is 0. The number of hydrogen-bond donors (Lipinski definition) is 2. The van der Waals surface area contributed by atoms with Crippen LogP contribution in [0.1, 0.15) is 18.4 Å². The molecule has 0 unspecified atom stereocenters. The van der Waals surface area contributed by atoms with Gasteiger partial charge < -0.3 is 10.3 Å². The van der Waals surface area contributed by atoms with E-state index in [1.54, 1.807) is 25.1 Å². The smallest absolute Gasteiger partial charge is 0.252 e. The molecule has 6 nitrogen and oxygen atoms in total. The first-order chi connectivity index (χ1) is 10.2. The van der Waals surface area contributed by atoms with Crippen molar-refractivity contribution in [3.63, 3.8) is 0 Å². The number of aryl methyl sites for hydroxylation is 1. The highest BCUT2D eigenvalue weighted by molar-refractivity contribution is 7.96. The molecule has 0 saturated carbocycles. The third-order valence-electron chi connectivity index (χ3n) is 3.82. The SMILES string of the molecule is CSN1CCC(Nc2ncc3cc(C)c(=O)[nH]c3n2)CC1. The van der Waals surface area contributed by atoms with E-state index in [0.717, 1.165) is 31.3 Å². The van der Waals surface area contributed by atoms with Crippen LogP contribution in [-0.4, -0.2) is 44.6 Å². The maximum atomic E-state index is 11.7. The molecule has 1 saturated heterocycles. The van der Waals surface area contributed by atoms with E-state index in [0.29, 0.717) is 23.2 Å². The van der Waals surface area contributed by atoms with E-state index in [2.05, 4.69) is 30.8 Å². The summed E-state index contributed by atoms with van der Waals surface area (Å²) in [5, 5.41) is 4.23. The third kappa shape index (κ3) is 3.19. The van der Waals surface area contributed by atoms with Gasteiger partial charge in [-0.05, 0) is 32.1 Å². The number of anilines is 1. The second-order valence-corrected chi connectivity index (χ2v) is 6.19. The molecule has 0 aromatic carbocycles. The van der Waals surface area contributed by atoms with Gasteiger partial charge in [-0.15, -0.1) is 0 Å². The Bertz CT molecular complexity index is 693. The molecule has 2 N–H and O–H groups in total. The molecule has 0 bridgehead atoms. The Morgan fingerprint density at radius 3 is 2.90 bits per heavy atom. The molecule has 1 fully saturated rings. The summed E-state index contributed by atoms with van der Waals surface area (Å²) in [5.41, 5.74) is 1.17. The van der Waals surface area contributed by atoms with Crippen molar-refractivity contribution in [1.29, 1.82) is 0 Å². The molecular weight excluding hydrogens is 286 g/mol. The second-order valence-electron chi connectivity index (χ2n) is 5.31. The van der Waals surface area contributed by atoms with Crippen LogP contribution in [0.25, 0.3) is 11.0 Å². The summed E-state index contributed by atoms with van der Waals surface area (Å²) >= 11 is 1.79. The van der Waals surface area contributed by atoms with Crippen LogP contribution >= 0.6 is 11.9 Å². The van der Waals surface area contributed by atoms with Crippen molar-refractivity contribution >= 4 is 28.9 Å². The fraction of sp³-hybridized carbons (Fsp3) is 0.500. The van der Waals surface area contributed by atoms with E-state index in [-0.39, 0.29) is 5.56 Å². The first-order valence-electron chi connectivity index (χ1n) is 7.08. The highest BCUT2D eigenvalue weighted by Gasteiger charge is 2.19. The number of nitrogens with one attached hydrogen (secondary N) is 2. The minimum absolute atomic E-state index is 0.0968. The van der Waals surface area contributed by atoms with Crippen LogP contribution in [0.4, 0.5) is 5.95 Å². The van der Waals surface area contributed by atoms with E-state index in [1.165, 1.54) is 0 Å². The van der Waals surface area contributed by atoms with Gasteiger partial charge in [-0.1, -0.05) is 11.9 Å². The van der Waals surface area contributed by atoms with Crippen LogP contribution in [0.3, 0.4) is 0 Å². The topological polar surface area (TPSA) is 73.9 Å². The van der Waals surface area contributed by atoms with Gasteiger partial charge in [0.1, 0.15) is 5.65 Å². The van der Waals surface area contributed by atoms with E-state index in [4.69, 9.17) is 0 Å². The maximum Gasteiger partial charge on any atom is 0.252 e. The van der Waals surface area contributed by atoms with Gasteiger partial charge >= 0.3 is 0 Å².